The van der Waals surface area contributed by atoms with Crippen molar-refractivity contribution in [3.05, 3.63) is 29.1 Å². The van der Waals surface area contributed by atoms with Gasteiger partial charge in [0.15, 0.2) is 0 Å². The Morgan fingerprint density at radius 1 is 0.722 bits per heavy atom. The van der Waals surface area contributed by atoms with Gasteiger partial charge in [0.05, 0.1) is 11.9 Å². The van der Waals surface area contributed by atoms with Gasteiger partial charge in [0.25, 0.3) is 0 Å². The standard InChI is InChI=1S/C6BF5.C2H2O4/c7-1-2(8)4(10)6(12)5(11)3(1)9;3-1(4)2(5)6/h;(H,3,4)(H,5,6)/q+2;/p-2. The number of hydrogen-bond acceptors (Lipinski definition) is 4. The molecule has 0 aliphatic heterocycles. The molecule has 10 heteroatoms. The van der Waals surface area contributed by atoms with Crippen LogP contribution in [0.2, 0.25) is 0 Å². The Bertz CT molecular complexity index is 388. The quantitative estimate of drug-likeness (QED) is 0.173. The molecule has 0 aromatic heterocycles. The van der Waals surface area contributed by atoms with Crippen molar-refractivity contribution in [3.8, 4) is 0 Å². The van der Waals surface area contributed by atoms with Gasteiger partial charge in [-0.25, -0.2) is 0 Å². The third kappa shape index (κ3) is 3.44. The molecule has 0 N–H and O–H groups in total. The molecular weight excluding hydrogens is 266 g/mol. The molecule has 1 aromatic carbocycles. The molecule has 1 aromatic rings. The van der Waals surface area contributed by atoms with Crippen molar-refractivity contribution >= 4 is 25.2 Å². The van der Waals surface area contributed by atoms with Crippen LogP contribution in [0.3, 0.4) is 0 Å². The fraction of sp³-hybridized carbons (Fsp3) is 0. The van der Waals surface area contributed by atoms with Gasteiger partial charge in [-0.2, -0.15) is 0 Å². The van der Waals surface area contributed by atoms with Crippen LogP contribution >= 0.6 is 0 Å². The van der Waals surface area contributed by atoms with Gasteiger partial charge in [0.1, 0.15) is 0 Å². The van der Waals surface area contributed by atoms with Crippen LogP contribution in [0.25, 0.3) is 0 Å². The number of carboxylic acids is 2. The van der Waals surface area contributed by atoms with Crippen molar-refractivity contribution < 1.29 is 41.8 Å². The van der Waals surface area contributed by atoms with E-state index in [1.165, 1.54) is 0 Å². The first-order valence-electron chi connectivity index (χ1n) is 3.80. The van der Waals surface area contributed by atoms with Crippen molar-refractivity contribution in [2.24, 2.45) is 0 Å². The monoisotopic (exact) mass is 266 g/mol. The van der Waals surface area contributed by atoms with Crippen LogP contribution in [-0.2, 0) is 9.59 Å². The maximum absolute atomic E-state index is 12.3. The summed E-state index contributed by atoms with van der Waals surface area (Å²) in [7, 11) is 4.56. The van der Waals surface area contributed by atoms with Crippen LogP contribution in [0.1, 0.15) is 0 Å². The molecule has 0 aliphatic carbocycles. The molecule has 0 fully saturated rings. The van der Waals surface area contributed by atoms with Crippen molar-refractivity contribution in [1.29, 1.82) is 0 Å². The van der Waals surface area contributed by atoms with E-state index in [2.05, 4.69) is 7.85 Å². The van der Waals surface area contributed by atoms with Gasteiger partial charge in [-0.15, -0.1) is 0 Å². The predicted molar refractivity (Wildman–Crippen MR) is 41.6 cm³/mol. The van der Waals surface area contributed by atoms with Crippen LogP contribution in [-0.4, -0.2) is 19.8 Å². The van der Waals surface area contributed by atoms with Gasteiger partial charge in [-0.3, -0.25) is 0 Å². The minimum absolute atomic E-state index is 1.37. The number of benzene rings is 1. The van der Waals surface area contributed by atoms with E-state index in [4.69, 9.17) is 19.8 Å². The van der Waals surface area contributed by atoms with Crippen LogP contribution in [0.15, 0.2) is 0 Å². The average molecular weight is 266 g/mol. The molecule has 0 bridgehead atoms. The molecule has 0 saturated heterocycles. The third-order valence-corrected chi connectivity index (χ3v) is 1.41. The van der Waals surface area contributed by atoms with Crippen molar-refractivity contribution in [3.63, 3.8) is 0 Å². The summed E-state index contributed by atoms with van der Waals surface area (Å²) in [5.74, 6) is -14.7. The number of halogens is 5. The van der Waals surface area contributed by atoms with E-state index < -0.39 is 46.5 Å². The Labute approximate surface area is 97.1 Å². The fourth-order valence-corrected chi connectivity index (χ4v) is 0.622. The number of rotatable bonds is 0. The Hall–Kier alpha value is -2.13. The second-order valence-electron chi connectivity index (χ2n) is 2.56. The minimum atomic E-state index is -2.21. The van der Waals surface area contributed by atoms with E-state index in [9.17, 15) is 22.0 Å². The second-order valence-corrected chi connectivity index (χ2v) is 2.56. The van der Waals surface area contributed by atoms with Gasteiger partial charge in [-0.1, -0.05) is 0 Å². The normalized spacial score (nSPS) is 9.50. The molecule has 4 nitrogen and oxygen atoms in total. The topological polar surface area (TPSA) is 80.3 Å². The first kappa shape index (κ1) is 15.9. The van der Waals surface area contributed by atoms with E-state index in [0.717, 1.165) is 0 Å². The predicted octanol–water partition coefficient (Wildman–Crippen LogP) is -2.34. The number of carbonyl (C=O) groups is 2. The van der Waals surface area contributed by atoms with E-state index in [1.54, 1.807) is 0 Å². The fourth-order valence-electron chi connectivity index (χ4n) is 0.622. The first-order valence-corrected chi connectivity index (χ1v) is 3.80. The summed E-state index contributed by atoms with van der Waals surface area (Å²) < 4.78 is 61.1. The molecular formula is C8BF5O4. The van der Waals surface area contributed by atoms with Gasteiger partial charge in [0, 0.05) is 0 Å². The Kier molecular flexibility index (Phi) is 5.28. The van der Waals surface area contributed by atoms with Crippen molar-refractivity contribution in [1.82, 2.24) is 0 Å². The zero-order valence-corrected chi connectivity index (χ0v) is 8.10. The van der Waals surface area contributed by atoms with E-state index >= 15 is 0 Å². The van der Waals surface area contributed by atoms with Crippen LogP contribution < -0.4 is 15.7 Å². The summed E-state index contributed by atoms with van der Waals surface area (Å²) in [6, 6.07) is 0. The molecule has 0 unspecified atom stereocenters. The first-order chi connectivity index (χ1) is 8.11. The van der Waals surface area contributed by atoms with E-state index in [1.807, 2.05) is 0 Å². The summed E-state index contributed by atoms with van der Waals surface area (Å²) in [5.41, 5.74) is -1.37. The summed E-state index contributed by atoms with van der Waals surface area (Å²) >= 11 is 0. The summed E-state index contributed by atoms with van der Waals surface area (Å²) in [5, 5.41) is 17.9. The Morgan fingerprint density at radius 2 is 0.944 bits per heavy atom. The number of hydrogen-bond donors (Lipinski definition) is 0. The molecule has 0 aliphatic rings. The van der Waals surface area contributed by atoms with Gasteiger partial charge in [0.2, 0.25) is 0 Å². The summed E-state index contributed by atoms with van der Waals surface area (Å²) in [6.45, 7) is 0. The van der Waals surface area contributed by atoms with Crippen LogP contribution in [0.5, 0.6) is 0 Å². The molecule has 0 saturated carbocycles. The van der Waals surface area contributed by atoms with E-state index in [-0.39, 0.29) is 0 Å². The van der Waals surface area contributed by atoms with Gasteiger partial charge < -0.3 is 19.8 Å². The Balaban J connectivity index is 0.000000411. The molecule has 1 rings (SSSR count). The van der Waals surface area contributed by atoms with Gasteiger partial charge in [-0.05, 0) is 0 Å². The zero-order valence-electron chi connectivity index (χ0n) is 8.10. The molecule has 0 spiro atoms. The van der Waals surface area contributed by atoms with E-state index in [0.29, 0.717) is 0 Å². The third-order valence-electron chi connectivity index (χ3n) is 1.41. The van der Waals surface area contributed by atoms with Crippen molar-refractivity contribution in [2.75, 3.05) is 0 Å². The maximum atomic E-state index is 12.3. The molecule has 0 heterocycles. The zero-order chi connectivity index (χ0) is 14.6. The van der Waals surface area contributed by atoms with Crippen LogP contribution in [0, 0.1) is 29.1 Å². The molecule has 0 radical (unpaired) electrons. The molecule has 94 valence electrons. The second kappa shape index (κ2) is 5.98. The number of carbonyl (C=O) groups excluding carboxylic acids is 2. The molecule has 0 amide bonds. The Morgan fingerprint density at radius 3 is 1.17 bits per heavy atom. The SMILES string of the molecule is O=C([O-])C(=O)[O-].[B+2]c1c(F)c(F)c(F)c(F)c1F. The average Bonchev–Trinajstić information content (AvgIpc) is 2.32. The van der Waals surface area contributed by atoms with Crippen LogP contribution in [0.4, 0.5) is 22.0 Å². The van der Waals surface area contributed by atoms with Gasteiger partial charge >= 0.3 is 64.3 Å². The van der Waals surface area contributed by atoms with Crippen molar-refractivity contribution in [2.45, 2.75) is 0 Å². The summed E-state index contributed by atoms with van der Waals surface area (Å²) in [4.78, 5) is 17.9. The number of aliphatic carboxylic acids is 2. The molecule has 0 atom stereocenters. The summed E-state index contributed by atoms with van der Waals surface area (Å²) in [6.07, 6.45) is 0. The molecule has 18 heavy (non-hydrogen) atoms. The number of carboxylic acid groups (broad SMARTS) is 2.